The van der Waals surface area contributed by atoms with Gasteiger partial charge in [0.25, 0.3) is 0 Å². The Morgan fingerprint density at radius 2 is 2.54 bits per heavy atom. The zero-order valence-corrected chi connectivity index (χ0v) is 6.88. The van der Waals surface area contributed by atoms with Crippen molar-refractivity contribution in [1.29, 1.82) is 0 Å². The second kappa shape index (κ2) is 3.77. The van der Waals surface area contributed by atoms with Crippen LogP contribution < -0.4 is 5.73 Å². The lowest BCUT2D eigenvalue weighted by Gasteiger charge is -2.19. The lowest BCUT2D eigenvalue weighted by molar-refractivity contribution is -0.0624. The summed E-state index contributed by atoms with van der Waals surface area (Å²) in [6, 6.07) is 0.000694. The van der Waals surface area contributed by atoms with Crippen LogP contribution in [0.3, 0.4) is 0 Å². The fourth-order valence-electron chi connectivity index (χ4n) is 0.957. The first-order valence-corrected chi connectivity index (χ1v) is 3.59. The average molecular weight is 182 g/mol. The van der Waals surface area contributed by atoms with Gasteiger partial charge in [-0.25, -0.2) is 4.79 Å². The van der Waals surface area contributed by atoms with Gasteiger partial charge in [-0.15, -0.1) is 6.58 Å². The van der Waals surface area contributed by atoms with Crippen molar-refractivity contribution in [1.82, 2.24) is 5.06 Å². The molecule has 0 saturated heterocycles. The van der Waals surface area contributed by atoms with Gasteiger partial charge in [-0.1, -0.05) is 6.08 Å². The van der Waals surface area contributed by atoms with Gasteiger partial charge in [0.05, 0.1) is 12.5 Å². The number of hydrogen-bond donors (Lipinski definition) is 2. The predicted molar refractivity (Wildman–Crippen MR) is 44.9 cm³/mol. The molecule has 3 N–H and O–H groups in total. The zero-order valence-electron chi connectivity index (χ0n) is 6.88. The van der Waals surface area contributed by atoms with Crippen LogP contribution in [0.5, 0.6) is 0 Å². The van der Waals surface area contributed by atoms with Gasteiger partial charge < -0.3 is 10.2 Å². The summed E-state index contributed by atoms with van der Waals surface area (Å²) < 4.78 is 4.79. The van der Waals surface area contributed by atoms with Crippen LogP contribution in [0.15, 0.2) is 35.7 Å². The zero-order chi connectivity index (χ0) is 9.84. The Morgan fingerprint density at radius 3 is 2.92 bits per heavy atom. The smallest absolute Gasteiger partial charge is 0.339 e. The number of rotatable bonds is 3. The molecule has 0 bridgehead atoms. The monoisotopic (exact) mass is 182 g/mol. The van der Waals surface area contributed by atoms with Crippen molar-refractivity contribution in [3.63, 3.8) is 0 Å². The van der Waals surface area contributed by atoms with E-state index in [-0.39, 0.29) is 0 Å². The fourth-order valence-corrected chi connectivity index (χ4v) is 0.957. The van der Waals surface area contributed by atoms with Gasteiger partial charge in [0.15, 0.2) is 0 Å². The fraction of sp³-hybridized carbons (Fsp3) is 0.125. The number of urea groups is 1. The highest BCUT2D eigenvalue weighted by Gasteiger charge is 2.19. The average Bonchev–Trinajstić information content (AvgIpc) is 2.58. The number of furan rings is 1. The van der Waals surface area contributed by atoms with Crippen LogP contribution in [0.1, 0.15) is 11.6 Å². The third kappa shape index (κ3) is 1.88. The Morgan fingerprint density at radius 1 is 1.85 bits per heavy atom. The van der Waals surface area contributed by atoms with Gasteiger partial charge in [-0.3, -0.25) is 5.21 Å². The largest absolute Gasteiger partial charge is 0.472 e. The minimum atomic E-state index is -0.939. The molecule has 1 rings (SSSR count). The van der Waals surface area contributed by atoms with Gasteiger partial charge in [-0.2, -0.15) is 5.06 Å². The highest BCUT2D eigenvalue weighted by molar-refractivity contribution is 5.71. The van der Waals surface area contributed by atoms with Gasteiger partial charge in [0.1, 0.15) is 6.04 Å². The van der Waals surface area contributed by atoms with Crippen LogP contribution >= 0.6 is 0 Å². The maximum atomic E-state index is 10.6. The molecule has 0 saturated carbocycles. The molecule has 2 amide bonds. The Bertz CT molecular complexity index is 294. The molecule has 0 radical (unpaired) electrons. The molecule has 5 heteroatoms. The van der Waals surface area contributed by atoms with E-state index in [1.165, 1.54) is 18.6 Å². The molecule has 0 spiro atoms. The summed E-state index contributed by atoms with van der Waals surface area (Å²) in [5, 5.41) is 9.59. The van der Waals surface area contributed by atoms with Crippen molar-refractivity contribution in [2.24, 2.45) is 5.73 Å². The van der Waals surface area contributed by atoms with Crippen LogP contribution in [-0.2, 0) is 0 Å². The predicted octanol–water partition coefficient (Wildman–Crippen LogP) is 1.28. The number of amides is 2. The summed E-state index contributed by atoms with van der Waals surface area (Å²) >= 11 is 0. The van der Waals surface area contributed by atoms with E-state index < -0.39 is 12.1 Å². The van der Waals surface area contributed by atoms with Crippen molar-refractivity contribution in [3.8, 4) is 0 Å². The van der Waals surface area contributed by atoms with E-state index >= 15 is 0 Å². The van der Waals surface area contributed by atoms with Crippen LogP contribution in [0, 0.1) is 0 Å². The van der Waals surface area contributed by atoms with E-state index in [0.29, 0.717) is 10.6 Å². The quantitative estimate of drug-likeness (QED) is 0.419. The molecule has 0 aliphatic carbocycles. The number of primary amides is 1. The summed E-state index contributed by atoms with van der Waals surface area (Å²) in [5.41, 5.74) is 5.48. The first-order valence-electron chi connectivity index (χ1n) is 3.59. The minimum absolute atomic E-state index is 0.387. The standard InChI is InChI=1S/C8H10N2O3/c1-2-7(10(12)8(9)11)6-3-4-13-5-6/h2-5,7,12H,1H2,(H2,9,11). The second-order valence-electron chi connectivity index (χ2n) is 2.42. The molecule has 0 fully saturated rings. The Kier molecular flexibility index (Phi) is 2.71. The van der Waals surface area contributed by atoms with Gasteiger partial charge in [-0.05, 0) is 6.07 Å². The molecule has 13 heavy (non-hydrogen) atoms. The minimum Gasteiger partial charge on any atom is -0.472 e. The van der Waals surface area contributed by atoms with Crippen molar-refractivity contribution in [2.45, 2.75) is 6.04 Å². The lowest BCUT2D eigenvalue weighted by atomic mass is 10.1. The normalized spacial score (nSPS) is 12.1. The van der Waals surface area contributed by atoms with E-state index in [9.17, 15) is 10.0 Å². The molecule has 0 aliphatic heterocycles. The van der Waals surface area contributed by atoms with Crippen LogP contribution in [0.25, 0.3) is 0 Å². The van der Waals surface area contributed by atoms with E-state index in [4.69, 9.17) is 10.2 Å². The lowest BCUT2D eigenvalue weighted by Crippen LogP contribution is -2.35. The first-order chi connectivity index (χ1) is 6.16. The maximum absolute atomic E-state index is 10.6. The van der Waals surface area contributed by atoms with Crippen molar-refractivity contribution < 1.29 is 14.4 Å². The summed E-state index contributed by atoms with van der Waals surface area (Å²) in [5.74, 6) is 0. The van der Waals surface area contributed by atoms with Crippen LogP contribution in [0.4, 0.5) is 4.79 Å². The third-order valence-corrected chi connectivity index (χ3v) is 1.60. The van der Waals surface area contributed by atoms with E-state index in [1.807, 2.05) is 0 Å². The summed E-state index contributed by atoms with van der Waals surface area (Å²) in [6.45, 7) is 3.47. The van der Waals surface area contributed by atoms with E-state index in [1.54, 1.807) is 6.07 Å². The van der Waals surface area contributed by atoms with Crippen molar-refractivity contribution in [3.05, 3.63) is 36.8 Å². The van der Waals surface area contributed by atoms with Gasteiger partial charge >= 0.3 is 6.03 Å². The Balaban J connectivity index is 2.86. The molecule has 1 heterocycles. The number of nitrogens with zero attached hydrogens (tertiary/aromatic N) is 1. The molecule has 0 aromatic carbocycles. The van der Waals surface area contributed by atoms with Crippen molar-refractivity contribution >= 4 is 6.03 Å². The molecule has 1 atom stereocenters. The summed E-state index contributed by atoms with van der Waals surface area (Å²) in [7, 11) is 0. The SMILES string of the molecule is C=CC(c1ccoc1)N(O)C(N)=O. The summed E-state index contributed by atoms with van der Waals surface area (Å²) in [6.07, 6.45) is 4.22. The van der Waals surface area contributed by atoms with Gasteiger partial charge in [0.2, 0.25) is 0 Å². The topological polar surface area (TPSA) is 79.7 Å². The number of hydrogen-bond acceptors (Lipinski definition) is 3. The highest BCUT2D eigenvalue weighted by Crippen LogP contribution is 2.19. The second-order valence-corrected chi connectivity index (χ2v) is 2.42. The maximum Gasteiger partial charge on any atom is 0.339 e. The number of carbonyl (C=O) groups is 1. The molecular weight excluding hydrogens is 172 g/mol. The number of nitrogens with two attached hydrogens (primary N) is 1. The molecule has 5 nitrogen and oxygen atoms in total. The molecule has 1 unspecified atom stereocenters. The van der Waals surface area contributed by atoms with Gasteiger partial charge in [0, 0.05) is 5.56 Å². The first kappa shape index (κ1) is 9.34. The van der Waals surface area contributed by atoms with Crippen molar-refractivity contribution in [2.75, 3.05) is 0 Å². The van der Waals surface area contributed by atoms with Crippen LogP contribution in [0.2, 0.25) is 0 Å². The highest BCUT2D eigenvalue weighted by atomic mass is 16.5. The third-order valence-electron chi connectivity index (χ3n) is 1.60. The van der Waals surface area contributed by atoms with E-state index in [2.05, 4.69) is 6.58 Å². The Labute approximate surface area is 75.0 Å². The van der Waals surface area contributed by atoms with E-state index in [0.717, 1.165) is 0 Å². The summed E-state index contributed by atoms with van der Waals surface area (Å²) in [4.78, 5) is 10.6. The number of hydroxylamine groups is 2. The molecule has 1 aromatic heterocycles. The molecular formula is C8H10N2O3. The molecule has 1 aromatic rings. The molecule has 0 aliphatic rings. The Hall–Kier alpha value is -1.75. The number of carbonyl (C=O) groups excluding carboxylic acids is 1. The molecule has 70 valence electrons. The van der Waals surface area contributed by atoms with Crippen LogP contribution in [-0.4, -0.2) is 16.3 Å².